The van der Waals surface area contributed by atoms with Crippen LogP contribution in [0.5, 0.6) is 5.75 Å². The van der Waals surface area contributed by atoms with Gasteiger partial charge in [0, 0.05) is 48.7 Å². The van der Waals surface area contributed by atoms with Gasteiger partial charge in [-0.15, -0.1) is 0 Å². The summed E-state index contributed by atoms with van der Waals surface area (Å²) in [5.74, 6) is 0.745. The smallest absolute Gasteiger partial charge is 0.242 e. The van der Waals surface area contributed by atoms with E-state index in [1.807, 2.05) is 0 Å². The molecule has 1 aliphatic carbocycles. The van der Waals surface area contributed by atoms with Gasteiger partial charge in [0.1, 0.15) is 12.4 Å². The van der Waals surface area contributed by atoms with Crippen molar-refractivity contribution in [2.45, 2.75) is 31.7 Å². The maximum absolute atomic E-state index is 13.1. The van der Waals surface area contributed by atoms with Gasteiger partial charge in [0.05, 0.1) is 4.91 Å². The topological polar surface area (TPSA) is 92.9 Å². The molecular formula is C20H26ClN3O4S. The van der Waals surface area contributed by atoms with Crippen molar-refractivity contribution in [1.82, 2.24) is 9.21 Å². The van der Waals surface area contributed by atoms with E-state index in [1.165, 1.54) is 4.31 Å². The number of nitrogens with zero attached hydrogens (tertiary/aromatic N) is 2. The van der Waals surface area contributed by atoms with Crippen molar-refractivity contribution in [3.05, 3.63) is 33.7 Å². The molecule has 2 heterocycles. The van der Waals surface area contributed by atoms with Gasteiger partial charge in [-0.3, -0.25) is 4.79 Å². The molecule has 1 aromatic carbocycles. The van der Waals surface area contributed by atoms with Gasteiger partial charge in [0.15, 0.2) is 0 Å². The monoisotopic (exact) mass is 439 g/mol. The second kappa shape index (κ2) is 8.26. The second-order valence-electron chi connectivity index (χ2n) is 7.92. The quantitative estimate of drug-likeness (QED) is 0.778. The van der Waals surface area contributed by atoms with E-state index in [0.29, 0.717) is 42.5 Å². The Hall–Kier alpha value is -1.61. The molecule has 2 aliphatic heterocycles. The molecule has 2 N–H and O–H groups in total. The molecule has 0 radical (unpaired) electrons. The fourth-order valence-corrected chi connectivity index (χ4v) is 5.83. The van der Waals surface area contributed by atoms with Crippen LogP contribution in [0.25, 0.3) is 6.08 Å². The lowest BCUT2D eigenvalue weighted by atomic mass is 9.85. The second-order valence-corrected chi connectivity index (χ2v) is 10.3. The van der Waals surface area contributed by atoms with Gasteiger partial charge in [-0.1, -0.05) is 11.6 Å². The molecule has 1 saturated carbocycles. The molecule has 3 aliphatic rings. The normalized spacial score (nSPS) is 25.7. The predicted octanol–water partition coefficient (Wildman–Crippen LogP) is 2.06. The number of carbonyl (C=O) groups is 1. The molecule has 1 aromatic rings. The standard InChI is InChI=1S/C20H26ClN3O4S/c21-16-4-1-15-11-18(13-28-19(15)12-16)29(26,27)24-9-7-23(8-10-24)20(25)14-2-5-17(22)6-3-14/h1,4,11-12,14,17H,2-3,5-10,13,22H2. The number of fused-ring (bicyclic) bond motifs is 1. The fourth-order valence-electron chi connectivity index (χ4n) is 4.20. The van der Waals surface area contributed by atoms with E-state index in [2.05, 4.69) is 0 Å². The number of hydrogen-bond donors (Lipinski definition) is 1. The van der Waals surface area contributed by atoms with Crippen molar-refractivity contribution in [2.24, 2.45) is 11.7 Å². The number of sulfonamides is 1. The van der Waals surface area contributed by atoms with E-state index in [0.717, 1.165) is 25.7 Å². The van der Waals surface area contributed by atoms with E-state index in [-0.39, 0.29) is 29.4 Å². The largest absolute Gasteiger partial charge is 0.487 e. The Morgan fingerprint density at radius 2 is 1.79 bits per heavy atom. The highest BCUT2D eigenvalue weighted by Gasteiger charge is 2.35. The number of halogens is 1. The molecular weight excluding hydrogens is 414 g/mol. The van der Waals surface area contributed by atoms with Crippen molar-refractivity contribution in [2.75, 3.05) is 32.8 Å². The lowest BCUT2D eigenvalue weighted by Crippen LogP contribution is -2.52. The summed E-state index contributed by atoms with van der Waals surface area (Å²) < 4.78 is 33.2. The average Bonchev–Trinajstić information content (AvgIpc) is 2.73. The van der Waals surface area contributed by atoms with Gasteiger partial charge in [-0.2, -0.15) is 4.31 Å². The lowest BCUT2D eigenvalue weighted by molar-refractivity contribution is -0.137. The molecule has 4 rings (SSSR count). The molecule has 158 valence electrons. The van der Waals surface area contributed by atoms with Crippen LogP contribution in [0, 0.1) is 5.92 Å². The van der Waals surface area contributed by atoms with Crippen molar-refractivity contribution in [3.63, 3.8) is 0 Å². The number of piperazine rings is 1. The third-order valence-electron chi connectivity index (χ3n) is 6.00. The predicted molar refractivity (Wildman–Crippen MR) is 112 cm³/mol. The first-order valence-corrected chi connectivity index (χ1v) is 11.8. The highest BCUT2D eigenvalue weighted by Crippen LogP contribution is 2.32. The third kappa shape index (κ3) is 4.30. The minimum absolute atomic E-state index is 0.0167. The summed E-state index contributed by atoms with van der Waals surface area (Å²) in [6, 6.07) is 5.34. The number of benzene rings is 1. The first-order chi connectivity index (χ1) is 13.8. The number of rotatable bonds is 3. The van der Waals surface area contributed by atoms with Crippen LogP contribution in [-0.2, 0) is 14.8 Å². The molecule has 2 fully saturated rings. The SMILES string of the molecule is NC1CCC(C(=O)N2CCN(S(=O)(=O)C3=Cc4ccc(Cl)cc4OC3)CC2)CC1. The summed E-state index contributed by atoms with van der Waals surface area (Å²) in [6.07, 6.45) is 5.06. The van der Waals surface area contributed by atoms with Crippen molar-refractivity contribution in [1.29, 1.82) is 0 Å². The van der Waals surface area contributed by atoms with Crippen LogP contribution < -0.4 is 10.5 Å². The molecule has 0 spiro atoms. The van der Waals surface area contributed by atoms with Crippen LogP contribution in [0.1, 0.15) is 31.2 Å². The molecule has 7 nitrogen and oxygen atoms in total. The molecule has 0 unspecified atom stereocenters. The summed E-state index contributed by atoms with van der Waals surface area (Å²) >= 11 is 5.96. The Kier molecular flexibility index (Phi) is 5.88. The van der Waals surface area contributed by atoms with Crippen LogP contribution in [0.2, 0.25) is 5.02 Å². The third-order valence-corrected chi connectivity index (χ3v) is 8.18. The van der Waals surface area contributed by atoms with Gasteiger partial charge in [0.25, 0.3) is 0 Å². The molecule has 9 heteroatoms. The van der Waals surface area contributed by atoms with Crippen molar-refractivity contribution in [3.8, 4) is 5.75 Å². The summed E-state index contributed by atoms with van der Waals surface area (Å²) in [6.45, 7) is 1.41. The molecule has 29 heavy (non-hydrogen) atoms. The van der Waals surface area contributed by atoms with Gasteiger partial charge in [-0.05, 0) is 50.0 Å². The minimum atomic E-state index is -3.64. The summed E-state index contributed by atoms with van der Waals surface area (Å²) in [4.78, 5) is 14.8. The number of ether oxygens (including phenoxy) is 1. The number of nitrogens with two attached hydrogens (primary N) is 1. The molecule has 1 amide bonds. The van der Waals surface area contributed by atoms with E-state index in [1.54, 1.807) is 29.2 Å². The highest BCUT2D eigenvalue weighted by atomic mass is 35.5. The summed E-state index contributed by atoms with van der Waals surface area (Å²) in [5, 5.41) is 0.546. The van der Waals surface area contributed by atoms with Crippen molar-refractivity contribution >= 4 is 33.6 Å². The molecule has 0 atom stereocenters. The zero-order valence-corrected chi connectivity index (χ0v) is 17.8. The molecule has 1 saturated heterocycles. The Balaban J connectivity index is 1.40. The molecule has 0 aromatic heterocycles. The zero-order chi connectivity index (χ0) is 20.6. The maximum atomic E-state index is 13.1. The van der Waals surface area contributed by atoms with E-state index < -0.39 is 10.0 Å². The van der Waals surface area contributed by atoms with Gasteiger partial charge in [0.2, 0.25) is 15.9 Å². The average molecular weight is 440 g/mol. The van der Waals surface area contributed by atoms with Crippen LogP contribution in [0.4, 0.5) is 0 Å². The summed E-state index contributed by atoms with van der Waals surface area (Å²) in [7, 11) is -3.64. The first kappa shape index (κ1) is 20.7. The van der Waals surface area contributed by atoms with Gasteiger partial charge in [-0.25, -0.2) is 8.42 Å². The van der Waals surface area contributed by atoms with E-state index in [9.17, 15) is 13.2 Å². The first-order valence-electron chi connectivity index (χ1n) is 10.0. The zero-order valence-electron chi connectivity index (χ0n) is 16.2. The Bertz CT molecular complexity index is 918. The molecule has 0 bridgehead atoms. The van der Waals surface area contributed by atoms with Crippen LogP contribution in [0.15, 0.2) is 23.1 Å². The van der Waals surface area contributed by atoms with Crippen LogP contribution in [-0.4, -0.2) is 62.4 Å². The lowest BCUT2D eigenvalue weighted by Gasteiger charge is -2.37. The Morgan fingerprint density at radius 1 is 1.10 bits per heavy atom. The highest BCUT2D eigenvalue weighted by molar-refractivity contribution is 7.93. The number of carbonyl (C=O) groups excluding carboxylic acids is 1. The Labute approximate surface area is 176 Å². The van der Waals surface area contributed by atoms with Crippen LogP contribution >= 0.6 is 11.6 Å². The maximum Gasteiger partial charge on any atom is 0.242 e. The minimum Gasteiger partial charge on any atom is -0.487 e. The van der Waals surface area contributed by atoms with Gasteiger partial charge < -0.3 is 15.4 Å². The van der Waals surface area contributed by atoms with Crippen molar-refractivity contribution < 1.29 is 17.9 Å². The van der Waals surface area contributed by atoms with E-state index >= 15 is 0 Å². The Morgan fingerprint density at radius 3 is 2.48 bits per heavy atom. The number of amides is 1. The van der Waals surface area contributed by atoms with E-state index in [4.69, 9.17) is 22.1 Å². The fraction of sp³-hybridized carbons (Fsp3) is 0.550. The number of hydrogen-bond acceptors (Lipinski definition) is 5. The summed E-state index contributed by atoms with van der Waals surface area (Å²) in [5.41, 5.74) is 6.63. The van der Waals surface area contributed by atoms with Crippen LogP contribution in [0.3, 0.4) is 0 Å². The van der Waals surface area contributed by atoms with Gasteiger partial charge >= 0.3 is 0 Å².